The number of aryl methyl sites for hydroxylation is 1. The fraction of sp³-hybridized carbons (Fsp3) is 0.600. The highest BCUT2D eigenvalue weighted by Gasteiger charge is 2.23. The lowest BCUT2D eigenvalue weighted by Gasteiger charge is -2.19. The van der Waals surface area contributed by atoms with Crippen LogP contribution in [-0.2, 0) is 11.2 Å². The number of benzene rings is 1. The molecule has 1 aromatic rings. The quantitative estimate of drug-likeness (QED) is 0.888. The third kappa shape index (κ3) is 2.90. The molecule has 100 valence electrons. The number of ether oxygens (including phenoxy) is 1. The molecule has 2 rings (SSSR count). The summed E-state index contributed by atoms with van der Waals surface area (Å²) in [5.41, 5.74) is 2.99. The van der Waals surface area contributed by atoms with Crippen molar-refractivity contribution in [1.29, 1.82) is 0 Å². The molecule has 1 aromatic carbocycles. The van der Waals surface area contributed by atoms with Gasteiger partial charge in [-0.05, 0) is 56.0 Å². The van der Waals surface area contributed by atoms with Crippen LogP contribution in [0, 0.1) is 12.7 Å². The minimum absolute atomic E-state index is 0.0537. The molecule has 1 saturated heterocycles. The standard InChI is InChI=1S/C15H22FNO/c1-10-6-13(8-11(2)18-3)15(14(16)7-10)12-4-5-17-9-12/h6-7,11-12,17H,4-5,8-9H2,1-3H3/t11-,12+/m1/s1. The monoisotopic (exact) mass is 251 g/mol. The second kappa shape index (κ2) is 5.81. The van der Waals surface area contributed by atoms with Gasteiger partial charge in [-0.3, -0.25) is 0 Å². The molecule has 0 aliphatic carbocycles. The summed E-state index contributed by atoms with van der Waals surface area (Å²) >= 11 is 0. The predicted octanol–water partition coefficient (Wildman–Crippen LogP) is 2.79. The Balaban J connectivity index is 2.34. The van der Waals surface area contributed by atoms with Crippen molar-refractivity contribution in [3.63, 3.8) is 0 Å². The van der Waals surface area contributed by atoms with Gasteiger partial charge in [0.25, 0.3) is 0 Å². The van der Waals surface area contributed by atoms with E-state index in [-0.39, 0.29) is 11.9 Å². The molecule has 1 fully saturated rings. The smallest absolute Gasteiger partial charge is 0.127 e. The van der Waals surface area contributed by atoms with Gasteiger partial charge < -0.3 is 10.1 Å². The van der Waals surface area contributed by atoms with Gasteiger partial charge in [0.1, 0.15) is 5.82 Å². The van der Waals surface area contributed by atoms with E-state index in [0.717, 1.165) is 42.6 Å². The molecule has 0 bridgehead atoms. The largest absolute Gasteiger partial charge is 0.381 e. The summed E-state index contributed by atoms with van der Waals surface area (Å²) in [7, 11) is 1.70. The zero-order chi connectivity index (χ0) is 13.1. The van der Waals surface area contributed by atoms with Crippen molar-refractivity contribution >= 4 is 0 Å². The van der Waals surface area contributed by atoms with Gasteiger partial charge in [0.15, 0.2) is 0 Å². The summed E-state index contributed by atoms with van der Waals surface area (Å²) < 4.78 is 19.6. The summed E-state index contributed by atoms with van der Waals surface area (Å²) in [6.45, 7) is 5.84. The Kier molecular flexibility index (Phi) is 4.36. The van der Waals surface area contributed by atoms with Crippen LogP contribution >= 0.6 is 0 Å². The minimum Gasteiger partial charge on any atom is -0.381 e. The second-order valence-electron chi connectivity index (χ2n) is 5.26. The molecule has 0 amide bonds. The minimum atomic E-state index is -0.0537. The Morgan fingerprint density at radius 3 is 2.89 bits per heavy atom. The van der Waals surface area contributed by atoms with Gasteiger partial charge in [-0.25, -0.2) is 4.39 Å². The average Bonchev–Trinajstić information content (AvgIpc) is 2.81. The first-order valence-corrected chi connectivity index (χ1v) is 6.64. The average molecular weight is 251 g/mol. The number of halogens is 1. The van der Waals surface area contributed by atoms with E-state index < -0.39 is 0 Å². The lowest BCUT2D eigenvalue weighted by atomic mass is 9.89. The van der Waals surface area contributed by atoms with Crippen LogP contribution in [0.15, 0.2) is 12.1 Å². The highest BCUT2D eigenvalue weighted by Crippen LogP contribution is 2.30. The van der Waals surface area contributed by atoms with Crippen LogP contribution < -0.4 is 5.32 Å². The van der Waals surface area contributed by atoms with Crippen LogP contribution in [0.4, 0.5) is 4.39 Å². The maximum absolute atomic E-state index is 14.2. The summed E-state index contributed by atoms with van der Waals surface area (Å²) in [5.74, 6) is 0.256. The van der Waals surface area contributed by atoms with E-state index in [9.17, 15) is 4.39 Å². The number of rotatable bonds is 4. The fourth-order valence-corrected chi connectivity index (χ4v) is 2.75. The topological polar surface area (TPSA) is 21.3 Å². The number of methoxy groups -OCH3 is 1. The summed E-state index contributed by atoms with van der Waals surface area (Å²) in [5, 5.41) is 3.31. The maximum Gasteiger partial charge on any atom is 0.127 e. The summed E-state index contributed by atoms with van der Waals surface area (Å²) in [6, 6.07) is 3.75. The van der Waals surface area contributed by atoms with E-state index in [1.54, 1.807) is 13.2 Å². The van der Waals surface area contributed by atoms with E-state index in [1.807, 2.05) is 13.8 Å². The molecule has 0 radical (unpaired) electrons. The summed E-state index contributed by atoms with van der Waals surface area (Å²) in [6.07, 6.45) is 1.93. The highest BCUT2D eigenvalue weighted by atomic mass is 19.1. The molecule has 1 aliphatic heterocycles. The molecule has 0 unspecified atom stereocenters. The highest BCUT2D eigenvalue weighted by molar-refractivity contribution is 5.37. The number of hydrogen-bond donors (Lipinski definition) is 1. The Bertz CT molecular complexity index is 413. The molecular formula is C15H22FNO. The Morgan fingerprint density at radius 1 is 1.50 bits per heavy atom. The normalized spacial score (nSPS) is 21.2. The Morgan fingerprint density at radius 2 is 2.28 bits per heavy atom. The first kappa shape index (κ1) is 13.5. The van der Waals surface area contributed by atoms with Gasteiger partial charge in [-0.2, -0.15) is 0 Å². The van der Waals surface area contributed by atoms with Crippen LogP contribution in [0.5, 0.6) is 0 Å². The van der Waals surface area contributed by atoms with Crippen LogP contribution in [0.3, 0.4) is 0 Å². The second-order valence-corrected chi connectivity index (χ2v) is 5.26. The molecular weight excluding hydrogens is 229 g/mol. The van der Waals surface area contributed by atoms with E-state index in [4.69, 9.17) is 4.74 Å². The van der Waals surface area contributed by atoms with Crippen LogP contribution in [0.25, 0.3) is 0 Å². The fourth-order valence-electron chi connectivity index (χ4n) is 2.75. The van der Waals surface area contributed by atoms with Crippen molar-refractivity contribution < 1.29 is 9.13 Å². The maximum atomic E-state index is 14.2. The van der Waals surface area contributed by atoms with Gasteiger partial charge in [0, 0.05) is 19.6 Å². The van der Waals surface area contributed by atoms with E-state index in [1.165, 1.54) is 0 Å². The van der Waals surface area contributed by atoms with Crippen molar-refractivity contribution in [3.8, 4) is 0 Å². The molecule has 1 N–H and O–H groups in total. The van der Waals surface area contributed by atoms with Crippen molar-refractivity contribution in [3.05, 3.63) is 34.6 Å². The molecule has 2 atom stereocenters. The van der Waals surface area contributed by atoms with E-state index in [0.29, 0.717) is 5.92 Å². The number of hydrogen-bond acceptors (Lipinski definition) is 2. The van der Waals surface area contributed by atoms with Crippen LogP contribution in [-0.4, -0.2) is 26.3 Å². The molecule has 3 heteroatoms. The molecule has 0 saturated carbocycles. The molecule has 2 nitrogen and oxygen atoms in total. The van der Waals surface area contributed by atoms with Crippen molar-refractivity contribution in [2.24, 2.45) is 0 Å². The number of nitrogens with one attached hydrogen (secondary N) is 1. The molecule has 1 heterocycles. The molecule has 1 aliphatic rings. The molecule has 0 spiro atoms. The third-order valence-electron chi connectivity index (χ3n) is 3.74. The zero-order valence-electron chi connectivity index (χ0n) is 11.4. The SMILES string of the molecule is CO[C@H](C)Cc1cc(C)cc(F)c1[C@H]1CCNC1. The van der Waals surface area contributed by atoms with Gasteiger partial charge in [0.05, 0.1) is 6.10 Å². The van der Waals surface area contributed by atoms with E-state index >= 15 is 0 Å². The van der Waals surface area contributed by atoms with Crippen LogP contribution in [0.2, 0.25) is 0 Å². The first-order valence-electron chi connectivity index (χ1n) is 6.64. The molecule has 18 heavy (non-hydrogen) atoms. The predicted molar refractivity (Wildman–Crippen MR) is 71.5 cm³/mol. The summed E-state index contributed by atoms with van der Waals surface area (Å²) in [4.78, 5) is 0. The van der Waals surface area contributed by atoms with Gasteiger partial charge >= 0.3 is 0 Å². The third-order valence-corrected chi connectivity index (χ3v) is 3.74. The van der Waals surface area contributed by atoms with Gasteiger partial charge in [-0.1, -0.05) is 6.07 Å². The van der Waals surface area contributed by atoms with Crippen molar-refractivity contribution in [2.45, 2.75) is 38.7 Å². The lowest BCUT2D eigenvalue weighted by Crippen LogP contribution is -2.15. The zero-order valence-corrected chi connectivity index (χ0v) is 11.4. The Labute approximate surface area is 109 Å². The van der Waals surface area contributed by atoms with Crippen molar-refractivity contribution in [1.82, 2.24) is 5.32 Å². The van der Waals surface area contributed by atoms with E-state index in [2.05, 4.69) is 11.4 Å². The first-order chi connectivity index (χ1) is 8.61. The van der Waals surface area contributed by atoms with Gasteiger partial charge in [-0.15, -0.1) is 0 Å². The Hall–Kier alpha value is -0.930. The van der Waals surface area contributed by atoms with Crippen molar-refractivity contribution in [2.75, 3.05) is 20.2 Å². The van der Waals surface area contributed by atoms with Crippen LogP contribution in [0.1, 0.15) is 36.0 Å². The lowest BCUT2D eigenvalue weighted by molar-refractivity contribution is 0.118. The van der Waals surface area contributed by atoms with Gasteiger partial charge in [0.2, 0.25) is 0 Å². The molecule has 0 aromatic heterocycles.